The molecule has 2 aromatic rings. The SMILES string of the molecule is Cc1ccc(-c2nnn(CC(=O)N3C[C@@H](C)O[C@H](C)C3)n2)cc1. The van der Waals surface area contributed by atoms with Gasteiger partial charge in [0.25, 0.3) is 0 Å². The van der Waals surface area contributed by atoms with Gasteiger partial charge < -0.3 is 9.64 Å². The molecule has 1 aliphatic rings. The maximum atomic E-state index is 12.4. The fourth-order valence-corrected chi connectivity index (χ4v) is 2.73. The van der Waals surface area contributed by atoms with Gasteiger partial charge in [-0.05, 0) is 26.0 Å². The van der Waals surface area contributed by atoms with Crippen LogP contribution in [0, 0.1) is 6.92 Å². The van der Waals surface area contributed by atoms with Crippen molar-refractivity contribution in [2.75, 3.05) is 13.1 Å². The van der Waals surface area contributed by atoms with Crippen LogP contribution in [0.2, 0.25) is 0 Å². The maximum absolute atomic E-state index is 12.4. The molecule has 122 valence electrons. The van der Waals surface area contributed by atoms with Gasteiger partial charge in [-0.1, -0.05) is 29.8 Å². The minimum atomic E-state index is -0.0140. The molecular formula is C16H21N5O2. The fraction of sp³-hybridized carbons (Fsp3) is 0.500. The summed E-state index contributed by atoms with van der Waals surface area (Å²) in [4.78, 5) is 15.5. The number of tetrazole rings is 1. The molecule has 0 spiro atoms. The van der Waals surface area contributed by atoms with Crippen LogP contribution in [0.5, 0.6) is 0 Å². The number of carbonyl (C=O) groups excluding carboxylic acids is 1. The van der Waals surface area contributed by atoms with Gasteiger partial charge in [-0.15, -0.1) is 10.2 Å². The summed E-state index contributed by atoms with van der Waals surface area (Å²) in [6.45, 7) is 7.26. The van der Waals surface area contributed by atoms with Crippen LogP contribution in [0.3, 0.4) is 0 Å². The molecule has 1 aliphatic heterocycles. The number of hydrogen-bond donors (Lipinski definition) is 0. The molecule has 1 saturated heterocycles. The van der Waals surface area contributed by atoms with Gasteiger partial charge in [-0.2, -0.15) is 4.80 Å². The molecule has 0 unspecified atom stereocenters. The van der Waals surface area contributed by atoms with Crippen LogP contribution in [0.1, 0.15) is 19.4 Å². The van der Waals surface area contributed by atoms with Gasteiger partial charge in [0.15, 0.2) is 0 Å². The minimum Gasteiger partial charge on any atom is -0.372 e. The van der Waals surface area contributed by atoms with E-state index in [4.69, 9.17) is 4.74 Å². The standard InChI is InChI=1S/C16H21N5O2/c1-11-4-6-14(7-5-11)16-17-19-21(18-16)10-15(22)20-8-12(2)23-13(3)9-20/h4-7,12-13H,8-10H2,1-3H3/t12-,13-/m1/s1. The van der Waals surface area contributed by atoms with E-state index >= 15 is 0 Å². The predicted octanol–water partition coefficient (Wildman–Crippen LogP) is 1.28. The lowest BCUT2D eigenvalue weighted by atomic mass is 10.1. The number of ether oxygens (including phenoxy) is 1. The number of morpholine rings is 1. The van der Waals surface area contributed by atoms with Crippen molar-refractivity contribution < 1.29 is 9.53 Å². The molecule has 3 rings (SSSR count). The van der Waals surface area contributed by atoms with Gasteiger partial charge in [0.1, 0.15) is 6.54 Å². The summed E-state index contributed by atoms with van der Waals surface area (Å²) in [6, 6.07) is 7.89. The highest BCUT2D eigenvalue weighted by Crippen LogP contribution is 2.14. The van der Waals surface area contributed by atoms with Crippen LogP contribution < -0.4 is 0 Å². The molecule has 23 heavy (non-hydrogen) atoms. The highest BCUT2D eigenvalue weighted by molar-refractivity contribution is 5.76. The monoisotopic (exact) mass is 315 g/mol. The van der Waals surface area contributed by atoms with E-state index in [2.05, 4.69) is 15.4 Å². The number of aromatic nitrogens is 4. The van der Waals surface area contributed by atoms with Crippen LogP contribution in [-0.2, 0) is 16.1 Å². The summed E-state index contributed by atoms with van der Waals surface area (Å²) in [5.41, 5.74) is 2.06. The highest BCUT2D eigenvalue weighted by atomic mass is 16.5. The number of benzene rings is 1. The molecule has 0 saturated carbocycles. The van der Waals surface area contributed by atoms with Crippen LogP contribution in [-0.4, -0.2) is 56.3 Å². The van der Waals surface area contributed by atoms with Crippen LogP contribution in [0.4, 0.5) is 0 Å². The van der Waals surface area contributed by atoms with E-state index < -0.39 is 0 Å². The Morgan fingerprint density at radius 3 is 2.52 bits per heavy atom. The van der Waals surface area contributed by atoms with Gasteiger partial charge in [0.2, 0.25) is 11.7 Å². The summed E-state index contributed by atoms with van der Waals surface area (Å²) in [5, 5.41) is 12.3. The number of aryl methyl sites for hydroxylation is 1. The maximum Gasteiger partial charge on any atom is 0.246 e. The third-order valence-corrected chi connectivity index (χ3v) is 3.81. The van der Waals surface area contributed by atoms with Crippen molar-refractivity contribution in [2.45, 2.75) is 39.5 Å². The van der Waals surface area contributed by atoms with Crippen molar-refractivity contribution in [1.29, 1.82) is 0 Å². The highest BCUT2D eigenvalue weighted by Gasteiger charge is 2.26. The molecule has 1 amide bonds. The Bertz CT molecular complexity index is 672. The summed E-state index contributed by atoms with van der Waals surface area (Å²) in [6.07, 6.45) is 0.101. The van der Waals surface area contributed by atoms with Crippen LogP contribution >= 0.6 is 0 Å². The fourth-order valence-electron chi connectivity index (χ4n) is 2.73. The first-order chi connectivity index (χ1) is 11.0. The Labute approximate surface area is 135 Å². The second kappa shape index (κ2) is 6.45. The lowest BCUT2D eigenvalue weighted by Crippen LogP contribution is -2.49. The molecule has 1 aromatic carbocycles. The summed E-state index contributed by atoms with van der Waals surface area (Å²) < 4.78 is 5.64. The normalized spacial score (nSPS) is 21.4. The Morgan fingerprint density at radius 2 is 1.87 bits per heavy atom. The first kappa shape index (κ1) is 15.6. The predicted molar refractivity (Wildman–Crippen MR) is 84.6 cm³/mol. The van der Waals surface area contributed by atoms with E-state index in [-0.39, 0.29) is 24.7 Å². The lowest BCUT2D eigenvalue weighted by Gasteiger charge is -2.35. The third kappa shape index (κ3) is 3.73. The largest absolute Gasteiger partial charge is 0.372 e. The number of amides is 1. The van der Waals surface area contributed by atoms with Gasteiger partial charge in [-0.3, -0.25) is 4.79 Å². The molecule has 0 aliphatic carbocycles. The lowest BCUT2D eigenvalue weighted by molar-refractivity contribution is -0.144. The quantitative estimate of drug-likeness (QED) is 0.853. The summed E-state index contributed by atoms with van der Waals surface area (Å²) in [7, 11) is 0. The van der Waals surface area contributed by atoms with Gasteiger partial charge in [0, 0.05) is 18.7 Å². The molecule has 2 atom stereocenters. The summed E-state index contributed by atoms with van der Waals surface area (Å²) >= 11 is 0. The van der Waals surface area contributed by atoms with Crippen molar-refractivity contribution in [3.63, 3.8) is 0 Å². The van der Waals surface area contributed by atoms with E-state index in [0.717, 1.165) is 5.56 Å². The first-order valence-electron chi connectivity index (χ1n) is 7.79. The Hall–Kier alpha value is -2.28. The molecular weight excluding hydrogens is 294 g/mol. The van der Waals surface area contributed by atoms with Gasteiger partial charge in [0.05, 0.1) is 12.2 Å². The van der Waals surface area contributed by atoms with E-state index in [9.17, 15) is 4.79 Å². The van der Waals surface area contributed by atoms with E-state index in [1.807, 2.05) is 45.0 Å². The van der Waals surface area contributed by atoms with Gasteiger partial charge in [-0.25, -0.2) is 0 Å². The number of hydrogen-bond acceptors (Lipinski definition) is 5. The number of nitrogens with zero attached hydrogens (tertiary/aromatic N) is 5. The van der Waals surface area contributed by atoms with E-state index in [1.165, 1.54) is 10.4 Å². The van der Waals surface area contributed by atoms with Crippen LogP contribution in [0.25, 0.3) is 11.4 Å². The van der Waals surface area contributed by atoms with Gasteiger partial charge >= 0.3 is 0 Å². The molecule has 7 heteroatoms. The molecule has 0 N–H and O–H groups in total. The average molecular weight is 315 g/mol. The number of rotatable bonds is 3. The Morgan fingerprint density at radius 1 is 1.22 bits per heavy atom. The smallest absolute Gasteiger partial charge is 0.246 e. The van der Waals surface area contributed by atoms with Crippen molar-refractivity contribution in [3.8, 4) is 11.4 Å². The first-order valence-corrected chi connectivity index (χ1v) is 7.79. The zero-order valence-corrected chi connectivity index (χ0v) is 13.6. The molecule has 1 fully saturated rings. The second-order valence-corrected chi connectivity index (χ2v) is 6.07. The second-order valence-electron chi connectivity index (χ2n) is 6.07. The molecule has 0 radical (unpaired) electrons. The molecule has 7 nitrogen and oxygen atoms in total. The number of carbonyl (C=O) groups is 1. The van der Waals surface area contributed by atoms with Crippen molar-refractivity contribution in [1.82, 2.24) is 25.1 Å². The third-order valence-electron chi connectivity index (χ3n) is 3.81. The summed E-state index contributed by atoms with van der Waals surface area (Å²) in [5.74, 6) is 0.515. The van der Waals surface area contributed by atoms with Crippen molar-refractivity contribution >= 4 is 5.91 Å². The van der Waals surface area contributed by atoms with Crippen molar-refractivity contribution in [3.05, 3.63) is 29.8 Å². The molecule has 1 aromatic heterocycles. The van der Waals surface area contributed by atoms with Crippen LogP contribution in [0.15, 0.2) is 24.3 Å². The Kier molecular flexibility index (Phi) is 4.38. The van der Waals surface area contributed by atoms with Crippen molar-refractivity contribution in [2.24, 2.45) is 0 Å². The molecule has 0 bridgehead atoms. The topological polar surface area (TPSA) is 73.1 Å². The Balaban J connectivity index is 1.66. The van der Waals surface area contributed by atoms with E-state index in [1.54, 1.807) is 4.90 Å². The van der Waals surface area contributed by atoms with E-state index in [0.29, 0.717) is 18.9 Å². The average Bonchev–Trinajstić information content (AvgIpc) is 2.95. The zero-order valence-electron chi connectivity index (χ0n) is 13.6. The zero-order chi connectivity index (χ0) is 16.4. The molecule has 2 heterocycles. The minimum absolute atomic E-state index is 0.0140.